The van der Waals surface area contributed by atoms with Gasteiger partial charge in [0.15, 0.2) is 0 Å². The van der Waals surface area contributed by atoms with Crippen LogP contribution in [-0.2, 0) is 0 Å². The van der Waals surface area contributed by atoms with Crippen LogP contribution in [0.3, 0.4) is 0 Å². The van der Waals surface area contributed by atoms with Crippen molar-refractivity contribution in [3.8, 4) is 0 Å². The highest BCUT2D eigenvalue weighted by atomic mass is 35.5. The number of hydrogen-bond donors (Lipinski definition) is 1. The molecule has 0 unspecified atom stereocenters. The number of fused-ring (bicyclic) bond motifs is 1. The van der Waals surface area contributed by atoms with Gasteiger partial charge in [-0.15, -0.1) is 0 Å². The van der Waals surface area contributed by atoms with E-state index in [1.54, 1.807) is 6.08 Å². The molecule has 2 aromatic rings. The number of hydrogen-bond acceptors (Lipinski definition) is 5. The normalized spacial score (nSPS) is 24.7. The maximum atomic E-state index is 6.40. The molecular weight excluding hydrogens is 420 g/mol. The molecule has 0 spiro atoms. The summed E-state index contributed by atoms with van der Waals surface area (Å²) in [7, 11) is 6.23. The molecule has 0 radical (unpaired) electrons. The summed E-state index contributed by atoms with van der Waals surface area (Å²) in [5.41, 5.74) is 5.47. The molecule has 7 heteroatoms. The minimum Gasteiger partial charge on any atom is -0.367 e. The van der Waals surface area contributed by atoms with Crippen molar-refractivity contribution in [3.05, 3.63) is 47.3 Å². The second kappa shape index (κ2) is 9.77. The maximum Gasteiger partial charge on any atom is 0.124 e. The monoisotopic (exact) mass is 454 g/mol. The Kier molecular flexibility index (Phi) is 7.03. The number of nitrogens with zero attached hydrogens (tertiary/aromatic N) is 5. The lowest BCUT2D eigenvalue weighted by atomic mass is 9.90. The highest BCUT2D eigenvalue weighted by Crippen LogP contribution is 2.36. The molecule has 1 aromatic heterocycles. The first-order valence-corrected chi connectivity index (χ1v) is 11.9. The summed E-state index contributed by atoms with van der Waals surface area (Å²) in [6.45, 7) is 10.1. The average Bonchev–Trinajstić information content (AvgIpc) is 3.24. The van der Waals surface area contributed by atoms with Crippen LogP contribution in [0.2, 0.25) is 0 Å². The van der Waals surface area contributed by atoms with E-state index in [-0.39, 0.29) is 12.1 Å². The van der Waals surface area contributed by atoms with E-state index in [1.807, 2.05) is 14.0 Å². The number of H-pyrrole nitrogens is 1. The molecule has 4 rings (SSSR count). The number of likely N-dealkylation sites (N-methyl/N-ethyl adjacent to an activating group) is 1. The summed E-state index contributed by atoms with van der Waals surface area (Å²) < 4.78 is 0. The van der Waals surface area contributed by atoms with Gasteiger partial charge in [0.25, 0.3) is 0 Å². The van der Waals surface area contributed by atoms with Gasteiger partial charge in [-0.25, -0.2) is 4.98 Å². The smallest absolute Gasteiger partial charge is 0.124 e. The number of allylic oxidation sites excluding steroid dienone is 2. The maximum absolute atomic E-state index is 6.40. The molecular formula is C25H35ClN6. The van der Waals surface area contributed by atoms with Crippen LogP contribution >= 0.6 is 11.6 Å². The summed E-state index contributed by atoms with van der Waals surface area (Å²) in [4.78, 5) is 20.7. The fourth-order valence-corrected chi connectivity index (χ4v) is 5.22. The minimum atomic E-state index is 0.206. The third-order valence-corrected chi connectivity index (χ3v) is 7.52. The molecule has 2 atom stereocenters. The largest absolute Gasteiger partial charge is 0.367 e. The second-order valence-corrected chi connectivity index (χ2v) is 9.41. The SMILES string of the molecule is C=C/C(Cl)=C(/C)C(=NC)[C@@H]1CCC[C@H](c2nc3c(N4CCN(C)CC4)cccc3[nH]2)N1C. The fourth-order valence-electron chi connectivity index (χ4n) is 5.13. The molecule has 0 bridgehead atoms. The van der Waals surface area contributed by atoms with Crippen molar-refractivity contribution in [2.45, 2.75) is 38.3 Å². The highest BCUT2D eigenvalue weighted by molar-refractivity contribution is 6.34. The average molecular weight is 455 g/mol. The van der Waals surface area contributed by atoms with Crippen molar-refractivity contribution < 1.29 is 0 Å². The zero-order valence-electron chi connectivity index (χ0n) is 19.7. The molecule has 1 N–H and O–H groups in total. The lowest BCUT2D eigenvalue weighted by Gasteiger charge is -2.39. The van der Waals surface area contributed by atoms with E-state index >= 15 is 0 Å². The van der Waals surface area contributed by atoms with Crippen molar-refractivity contribution in [3.63, 3.8) is 0 Å². The van der Waals surface area contributed by atoms with Gasteiger partial charge in [0.2, 0.25) is 0 Å². The Labute approximate surface area is 196 Å². The number of aromatic nitrogens is 2. The predicted molar refractivity (Wildman–Crippen MR) is 136 cm³/mol. The Morgan fingerprint density at radius 3 is 2.66 bits per heavy atom. The summed E-state index contributed by atoms with van der Waals surface area (Å²) in [5.74, 6) is 1.04. The van der Waals surface area contributed by atoms with E-state index in [0.717, 1.165) is 73.6 Å². The molecule has 32 heavy (non-hydrogen) atoms. The van der Waals surface area contributed by atoms with Crippen LogP contribution in [-0.4, -0.2) is 78.8 Å². The molecule has 2 aliphatic heterocycles. The number of halogens is 1. The summed E-state index contributed by atoms with van der Waals surface area (Å²) in [5, 5.41) is 0.668. The van der Waals surface area contributed by atoms with Crippen LogP contribution in [0.4, 0.5) is 5.69 Å². The molecule has 0 saturated carbocycles. The third kappa shape index (κ3) is 4.36. The number of imidazole rings is 1. The zero-order chi connectivity index (χ0) is 22.8. The van der Waals surface area contributed by atoms with Crippen LogP contribution in [0.25, 0.3) is 11.0 Å². The minimum absolute atomic E-state index is 0.206. The van der Waals surface area contributed by atoms with Gasteiger partial charge in [0.05, 0.1) is 29.0 Å². The van der Waals surface area contributed by atoms with Crippen molar-refractivity contribution in [2.75, 3.05) is 52.2 Å². The molecule has 2 saturated heterocycles. The first-order valence-electron chi connectivity index (χ1n) is 11.5. The summed E-state index contributed by atoms with van der Waals surface area (Å²) in [6.07, 6.45) is 4.96. The second-order valence-electron chi connectivity index (χ2n) is 9.00. The van der Waals surface area contributed by atoms with E-state index in [9.17, 15) is 0 Å². The Morgan fingerprint density at radius 1 is 1.22 bits per heavy atom. The first kappa shape index (κ1) is 23.0. The van der Waals surface area contributed by atoms with Gasteiger partial charge in [-0.3, -0.25) is 9.89 Å². The van der Waals surface area contributed by atoms with Crippen LogP contribution in [0.1, 0.15) is 38.1 Å². The van der Waals surface area contributed by atoms with Crippen molar-refractivity contribution in [2.24, 2.45) is 4.99 Å². The van der Waals surface area contributed by atoms with Crippen LogP contribution < -0.4 is 4.90 Å². The number of benzene rings is 1. The molecule has 0 aliphatic carbocycles. The van der Waals surface area contributed by atoms with Crippen LogP contribution in [0, 0.1) is 0 Å². The van der Waals surface area contributed by atoms with Crippen molar-refractivity contribution >= 4 is 34.0 Å². The van der Waals surface area contributed by atoms with Crippen molar-refractivity contribution in [1.82, 2.24) is 19.8 Å². The fraction of sp³-hybridized carbons (Fsp3) is 0.520. The highest BCUT2D eigenvalue weighted by Gasteiger charge is 2.34. The molecule has 0 amide bonds. The lowest BCUT2D eigenvalue weighted by Crippen LogP contribution is -2.45. The Hall–Kier alpha value is -2.15. The Bertz CT molecular complexity index is 1030. The van der Waals surface area contributed by atoms with Gasteiger partial charge in [-0.05, 0) is 58.0 Å². The summed E-state index contributed by atoms with van der Waals surface area (Å²) >= 11 is 6.40. The molecule has 172 valence electrons. The molecule has 2 aliphatic rings. The number of likely N-dealkylation sites (tertiary alicyclic amines) is 1. The van der Waals surface area contributed by atoms with Gasteiger partial charge in [0, 0.05) is 38.3 Å². The number of anilines is 1. The van der Waals surface area contributed by atoms with E-state index in [2.05, 4.69) is 63.5 Å². The van der Waals surface area contributed by atoms with Gasteiger partial charge < -0.3 is 14.8 Å². The zero-order valence-corrected chi connectivity index (χ0v) is 20.5. The Morgan fingerprint density at radius 2 is 1.97 bits per heavy atom. The van der Waals surface area contributed by atoms with Gasteiger partial charge in [-0.2, -0.15) is 0 Å². The summed E-state index contributed by atoms with van der Waals surface area (Å²) in [6, 6.07) is 6.91. The predicted octanol–water partition coefficient (Wildman–Crippen LogP) is 4.61. The Balaban J connectivity index is 1.64. The number of para-hydroxylation sites is 1. The number of aromatic amines is 1. The van der Waals surface area contributed by atoms with Gasteiger partial charge in [0.1, 0.15) is 11.3 Å². The van der Waals surface area contributed by atoms with Crippen LogP contribution in [0.15, 0.2) is 46.5 Å². The van der Waals surface area contributed by atoms with Crippen molar-refractivity contribution in [1.29, 1.82) is 0 Å². The molecule has 3 heterocycles. The van der Waals surface area contributed by atoms with E-state index in [1.165, 1.54) is 5.69 Å². The number of aliphatic imine (C=N–C) groups is 1. The quantitative estimate of drug-likeness (QED) is 0.529. The van der Waals surface area contributed by atoms with Gasteiger partial charge in [-0.1, -0.05) is 30.3 Å². The van der Waals surface area contributed by atoms with E-state index in [4.69, 9.17) is 16.6 Å². The number of piperidine rings is 1. The lowest BCUT2D eigenvalue weighted by molar-refractivity contribution is 0.148. The number of rotatable bonds is 5. The van der Waals surface area contributed by atoms with E-state index in [0.29, 0.717) is 5.03 Å². The molecule has 1 aromatic carbocycles. The van der Waals surface area contributed by atoms with E-state index < -0.39 is 0 Å². The topological polar surface area (TPSA) is 50.8 Å². The third-order valence-electron chi connectivity index (χ3n) is 7.09. The number of nitrogens with one attached hydrogen (secondary N) is 1. The molecule has 6 nitrogen and oxygen atoms in total. The van der Waals surface area contributed by atoms with Gasteiger partial charge >= 0.3 is 0 Å². The standard InChI is InChI=1S/C25H35ClN6/c1-6-18(26)17(2)23(27-3)20-10-8-12-22(31(20)5)25-28-19-9-7-11-21(24(19)29-25)32-15-13-30(4)14-16-32/h6-7,9,11,20,22H,1,8,10,12-16H2,2-5H3,(H,28,29)/b18-17+,27-23?/t20-,22+/m0/s1. The van der Waals surface area contributed by atoms with Crippen LogP contribution in [0.5, 0.6) is 0 Å². The number of piperazine rings is 1. The molecule has 2 fully saturated rings. The first-order chi connectivity index (χ1) is 15.4.